The molecule has 0 unspecified atom stereocenters. The molecule has 1 N–H and O–H groups in total. The molecule has 1 saturated heterocycles. The van der Waals surface area contributed by atoms with Gasteiger partial charge >= 0.3 is 6.03 Å². The number of carbonyl (C=O) groups is 1. The Balaban J connectivity index is 1.48. The molecular formula is C18H29N5O. The van der Waals surface area contributed by atoms with Crippen molar-refractivity contribution in [2.45, 2.75) is 51.5 Å². The molecule has 0 bridgehead atoms. The number of carbonyl (C=O) groups excluding carboxylic acids is 1. The Labute approximate surface area is 144 Å². The van der Waals surface area contributed by atoms with Crippen LogP contribution in [0.25, 0.3) is 0 Å². The second-order valence-corrected chi connectivity index (χ2v) is 6.98. The zero-order chi connectivity index (χ0) is 16.8. The molecule has 1 aliphatic heterocycles. The first-order chi connectivity index (χ1) is 11.8. The van der Waals surface area contributed by atoms with Gasteiger partial charge in [0, 0.05) is 38.4 Å². The first-order valence-corrected chi connectivity index (χ1v) is 9.34. The second kappa shape index (κ2) is 8.31. The number of amides is 2. The lowest BCUT2D eigenvalue weighted by atomic mass is 9.84. The van der Waals surface area contributed by atoms with Crippen LogP contribution in [0, 0.1) is 5.92 Å². The molecule has 132 valence electrons. The highest BCUT2D eigenvalue weighted by Gasteiger charge is 2.25. The van der Waals surface area contributed by atoms with Crippen molar-refractivity contribution in [1.82, 2.24) is 20.4 Å². The lowest BCUT2D eigenvalue weighted by molar-refractivity contribution is 0.189. The van der Waals surface area contributed by atoms with Crippen molar-refractivity contribution >= 4 is 11.8 Å². The number of urea groups is 1. The van der Waals surface area contributed by atoms with Crippen LogP contribution in [0.2, 0.25) is 0 Å². The van der Waals surface area contributed by atoms with Crippen molar-refractivity contribution in [3.05, 3.63) is 18.3 Å². The molecule has 24 heavy (non-hydrogen) atoms. The maximum Gasteiger partial charge on any atom is 0.317 e. The molecule has 1 aliphatic carbocycles. The molecule has 1 saturated carbocycles. The normalized spacial score (nSPS) is 25.2. The number of hydrogen-bond acceptors (Lipinski definition) is 4. The van der Waals surface area contributed by atoms with E-state index in [0.717, 1.165) is 57.2 Å². The summed E-state index contributed by atoms with van der Waals surface area (Å²) >= 11 is 0. The third kappa shape index (κ3) is 4.36. The van der Waals surface area contributed by atoms with E-state index < -0.39 is 0 Å². The van der Waals surface area contributed by atoms with Crippen LogP contribution in [0.5, 0.6) is 0 Å². The van der Waals surface area contributed by atoms with Crippen LogP contribution < -0.4 is 10.2 Å². The van der Waals surface area contributed by atoms with Gasteiger partial charge in [0.1, 0.15) is 0 Å². The van der Waals surface area contributed by atoms with Gasteiger partial charge in [-0.05, 0) is 50.2 Å². The molecule has 6 nitrogen and oxygen atoms in total. The molecule has 0 atom stereocenters. The molecule has 0 aromatic carbocycles. The average Bonchev–Trinajstić information content (AvgIpc) is 2.89. The van der Waals surface area contributed by atoms with Gasteiger partial charge in [-0.25, -0.2) is 4.79 Å². The van der Waals surface area contributed by atoms with Crippen LogP contribution >= 0.6 is 0 Å². The summed E-state index contributed by atoms with van der Waals surface area (Å²) in [6.45, 7) is 5.56. The summed E-state index contributed by atoms with van der Waals surface area (Å²) < 4.78 is 0. The second-order valence-electron chi connectivity index (χ2n) is 6.98. The minimum Gasteiger partial charge on any atom is -0.353 e. The lowest BCUT2D eigenvalue weighted by Crippen LogP contribution is -2.47. The molecule has 2 heterocycles. The van der Waals surface area contributed by atoms with Gasteiger partial charge in [-0.15, -0.1) is 5.10 Å². The van der Waals surface area contributed by atoms with Crippen molar-refractivity contribution in [2.24, 2.45) is 5.92 Å². The van der Waals surface area contributed by atoms with E-state index in [1.54, 1.807) is 6.20 Å². The fraction of sp³-hybridized carbons (Fsp3) is 0.722. The zero-order valence-electron chi connectivity index (χ0n) is 14.7. The summed E-state index contributed by atoms with van der Waals surface area (Å²) in [7, 11) is 0. The van der Waals surface area contributed by atoms with Crippen LogP contribution in [0.15, 0.2) is 18.3 Å². The minimum absolute atomic E-state index is 0.107. The molecule has 0 spiro atoms. The predicted octanol–water partition coefficient (Wildman–Crippen LogP) is 2.67. The first-order valence-electron chi connectivity index (χ1n) is 9.34. The molecule has 2 aliphatic rings. The molecule has 3 rings (SSSR count). The van der Waals surface area contributed by atoms with Crippen LogP contribution in [0.3, 0.4) is 0 Å². The number of rotatable bonds is 3. The highest BCUT2D eigenvalue weighted by atomic mass is 16.2. The van der Waals surface area contributed by atoms with Gasteiger partial charge in [0.05, 0.1) is 0 Å². The maximum atomic E-state index is 12.6. The molecule has 1 aromatic heterocycles. The summed E-state index contributed by atoms with van der Waals surface area (Å²) in [5.74, 6) is 1.76. The fourth-order valence-corrected chi connectivity index (χ4v) is 3.79. The fourth-order valence-electron chi connectivity index (χ4n) is 3.79. The Morgan fingerprint density at radius 3 is 2.75 bits per heavy atom. The average molecular weight is 331 g/mol. The quantitative estimate of drug-likeness (QED) is 0.925. The van der Waals surface area contributed by atoms with Crippen LogP contribution in [-0.4, -0.2) is 53.3 Å². The van der Waals surface area contributed by atoms with E-state index in [9.17, 15) is 4.79 Å². The minimum atomic E-state index is 0.107. The van der Waals surface area contributed by atoms with Crippen molar-refractivity contribution in [3.8, 4) is 0 Å². The SMILES string of the molecule is CCC1CCC(NC(=O)N2CCCN(c3cccnn3)CC2)CC1. The van der Waals surface area contributed by atoms with Crippen molar-refractivity contribution < 1.29 is 4.79 Å². The van der Waals surface area contributed by atoms with Gasteiger partial charge < -0.3 is 15.1 Å². The lowest BCUT2D eigenvalue weighted by Gasteiger charge is -2.30. The highest BCUT2D eigenvalue weighted by molar-refractivity contribution is 5.74. The van der Waals surface area contributed by atoms with E-state index in [2.05, 4.69) is 27.3 Å². The molecule has 2 fully saturated rings. The molecule has 0 radical (unpaired) electrons. The summed E-state index contributed by atoms with van der Waals surface area (Å²) in [5, 5.41) is 11.4. The van der Waals surface area contributed by atoms with Crippen LogP contribution in [0.4, 0.5) is 10.6 Å². The molecule has 6 heteroatoms. The van der Waals surface area contributed by atoms with Gasteiger partial charge in [0.15, 0.2) is 5.82 Å². The van der Waals surface area contributed by atoms with E-state index in [-0.39, 0.29) is 6.03 Å². The van der Waals surface area contributed by atoms with Crippen LogP contribution in [-0.2, 0) is 0 Å². The molecular weight excluding hydrogens is 302 g/mol. The largest absolute Gasteiger partial charge is 0.353 e. The van der Waals surface area contributed by atoms with Crippen LogP contribution in [0.1, 0.15) is 45.4 Å². The Kier molecular flexibility index (Phi) is 5.88. The van der Waals surface area contributed by atoms with E-state index >= 15 is 0 Å². The van der Waals surface area contributed by atoms with Gasteiger partial charge in [-0.1, -0.05) is 13.3 Å². The maximum absolute atomic E-state index is 12.6. The summed E-state index contributed by atoms with van der Waals surface area (Å²) in [4.78, 5) is 16.8. The third-order valence-corrected chi connectivity index (χ3v) is 5.42. The summed E-state index contributed by atoms with van der Waals surface area (Å²) in [6, 6.07) is 4.36. The third-order valence-electron chi connectivity index (χ3n) is 5.42. The Morgan fingerprint density at radius 1 is 1.21 bits per heavy atom. The summed E-state index contributed by atoms with van der Waals surface area (Å²) in [6.07, 6.45) is 8.68. The Morgan fingerprint density at radius 2 is 2.04 bits per heavy atom. The number of nitrogens with one attached hydrogen (secondary N) is 1. The number of anilines is 1. The van der Waals surface area contributed by atoms with E-state index in [0.29, 0.717) is 6.04 Å². The topological polar surface area (TPSA) is 61.4 Å². The van der Waals surface area contributed by atoms with Gasteiger partial charge in [0.2, 0.25) is 0 Å². The monoisotopic (exact) mass is 331 g/mol. The van der Waals surface area contributed by atoms with Gasteiger partial charge in [-0.3, -0.25) is 0 Å². The standard InChI is InChI=1S/C18H29N5O/c1-2-15-6-8-16(9-7-15)20-18(24)23-12-4-11-22(13-14-23)17-5-3-10-19-21-17/h3,5,10,15-16H,2,4,6-9,11-14H2,1H3,(H,20,24). The van der Waals surface area contributed by atoms with Gasteiger partial charge in [0.25, 0.3) is 0 Å². The van der Waals surface area contributed by atoms with E-state index in [1.165, 1.54) is 19.3 Å². The number of hydrogen-bond donors (Lipinski definition) is 1. The van der Waals surface area contributed by atoms with Crippen molar-refractivity contribution in [3.63, 3.8) is 0 Å². The first kappa shape index (κ1) is 17.0. The van der Waals surface area contributed by atoms with E-state index in [4.69, 9.17) is 0 Å². The zero-order valence-corrected chi connectivity index (χ0v) is 14.7. The smallest absolute Gasteiger partial charge is 0.317 e. The van der Waals surface area contributed by atoms with E-state index in [1.807, 2.05) is 17.0 Å². The van der Waals surface area contributed by atoms with Crippen molar-refractivity contribution in [1.29, 1.82) is 0 Å². The van der Waals surface area contributed by atoms with Gasteiger partial charge in [-0.2, -0.15) is 5.10 Å². The highest BCUT2D eigenvalue weighted by Crippen LogP contribution is 2.26. The Bertz CT molecular complexity index is 515. The molecule has 1 aromatic rings. The summed E-state index contributed by atoms with van der Waals surface area (Å²) in [5.41, 5.74) is 0. The number of nitrogens with zero attached hydrogens (tertiary/aromatic N) is 4. The molecule has 2 amide bonds. The number of aromatic nitrogens is 2. The Hall–Kier alpha value is -1.85. The predicted molar refractivity (Wildman–Crippen MR) is 95.0 cm³/mol. The van der Waals surface area contributed by atoms with Crippen molar-refractivity contribution in [2.75, 3.05) is 31.1 Å².